The summed E-state index contributed by atoms with van der Waals surface area (Å²) in [6.45, 7) is 0.0998. The first-order valence-corrected chi connectivity index (χ1v) is 8.68. The van der Waals surface area contributed by atoms with Gasteiger partial charge in [-0.05, 0) is 36.4 Å². The van der Waals surface area contributed by atoms with Crippen LogP contribution in [-0.4, -0.2) is 26.9 Å². The van der Waals surface area contributed by atoms with Crippen LogP contribution in [0.3, 0.4) is 0 Å². The van der Waals surface area contributed by atoms with E-state index >= 15 is 0 Å². The summed E-state index contributed by atoms with van der Waals surface area (Å²) in [6.07, 6.45) is -0.325. The molecule has 0 fully saturated rings. The molecule has 126 valence electrons. The summed E-state index contributed by atoms with van der Waals surface area (Å²) in [5, 5.41) is 0. The summed E-state index contributed by atoms with van der Waals surface area (Å²) >= 11 is 0. The molecule has 8 heteroatoms. The number of halogens is 1. The Balaban J connectivity index is 1.60. The molecule has 1 heterocycles. The molecule has 1 aliphatic heterocycles. The van der Waals surface area contributed by atoms with Crippen LogP contribution in [0, 0.1) is 5.82 Å². The minimum absolute atomic E-state index is 0.0419. The molecule has 0 saturated carbocycles. The van der Waals surface area contributed by atoms with Gasteiger partial charge in [0, 0.05) is 6.07 Å². The Morgan fingerprint density at radius 3 is 2.54 bits per heavy atom. The first-order chi connectivity index (χ1) is 11.4. The summed E-state index contributed by atoms with van der Waals surface area (Å²) in [4.78, 5) is 11.8. The molecule has 0 saturated heterocycles. The van der Waals surface area contributed by atoms with Crippen LogP contribution >= 0.6 is 0 Å². The molecule has 0 N–H and O–H groups in total. The van der Waals surface area contributed by atoms with Crippen molar-refractivity contribution in [3.8, 4) is 17.2 Å². The van der Waals surface area contributed by atoms with E-state index < -0.39 is 27.4 Å². The number of ether oxygens (including phenoxy) is 3. The number of sulfone groups is 1. The second kappa shape index (κ2) is 6.48. The Morgan fingerprint density at radius 2 is 1.79 bits per heavy atom. The lowest BCUT2D eigenvalue weighted by Gasteiger charge is -2.06. The summed E-state index contributed by atoms with van der Waals surface area (Å²) in [5.74, 6) is -0.408. The fourth-order valence-electron chi connectivity index (χ4n) is 2.10. The van der Waals surface area contributed by atoms with Gasteiger partial charge >= 0.3 is 5.97 Å². The number of hydrogen-bond acceptors (Lipinski definition) is 6. The molecule has 2 aromatic carbocycles. The Labute approximate surface area is 137 Å². The van der Waals surface area contributed by atoms with Crippen LogP contribution in [0.15, 0.2) is 47.4 Å². The first kappa shape index (κ1) is 16.3. The van der Waals surface area contributed by atoms with Crippen LogP contribution in [0.5, 0.6) is 17.2 Å². The third-order valence-corrected chi connectivity index (χ3v) is 5.06. The fraction of sp³-hybridized carbons (Fsp3) is 0.188. The van der Waals surface area contributed by atoms with E-state index in [4.69, 9.17) is 14.2 Å². The topological polar surface area (TPSA) is 78.9 Å². The maximum absolute atomic E-state index is 12.8. The van der Waals surface area contributed by atoms with Gasteiger partial charge in [0.05, 0.1) is 17.1 Å². The smallest absolute Gasteiger partial charge is 0.312 e. The molecule has 0 atom stereocenters. The minimum Gasteiger partial charge on any atom is -0.454 e. The molecule has 6 nitrogen and oxygen atoms in total. The number of esters is 1. The highest BCUT2D eigenvalue weighted by Gasteiger charge is 2.19. The number of rotatable bonds is 5. The van der Waals surface area contributed by atoms with Crippen molar-refractivity contribution in [1.29, 1.82) is 0 Å². The van der Waals surface area contributed by atoms with E-state index in [1.54, 1.807) is 6.07 Å². The zero-order valence-electron chi connectivity index (χ0n) is 12.4. The maximum Gasteiger partial charge on any atom is 0.312 e. The van der Waals surface area contributed by atoms with Crippen molar-refractivity contribution in [2.45, 2.75) is 11.3 Å². The summed E-state index contributed by atoms with van der Waals surface area (Å²) in [7, 11) is -3.69. The number of fused-ring (bicyclic) bond motifs is 1. The molecule has 1 aliphatic rings. The van der Waals surface area contributed by atoms with Gasteiger partial charge in [-0.25, -0.2) is 12.8 Å². The Bertz CT molecular complexity index is 861. The zero-order chi connectivity index (χ0) is 17.2. The molecule has 2 aromatic rings. The van der Waals surface area contributed by atoms with E-state index in [1.165, 1.54) is 12.1 Å². The fourth-order valence-corrected chi connectivity index (χ4v) is 3.32. The molecule has 3 rings (SSSR count). The van der Waals surface area contributed by atoms with Gasteiger partial charge in [-0.15, -0.1) is 0 Å². The molecule has 0 bridgehead atoms. The van der Waals surface area contributed by atoms with E-state index in [9.17, 15) is 17.6 Å². The van der Waals surface area contributed by atoms with Gasteiger partial charge in [-0.2, -0.15) is 0 Å². The standard InChI is InChI=1S/C16H13FO6S/c17-11-1-4-13(5-2-11)24(19,20)8-7-16(18)23-12-3-6-14-15(9-12)22-10-21-14/h1-6,9H,7-8,10H2. The molecular formula is C16H13FO6S. The van der Waals surface area contributed by atoms with E-state index in [0.717, 1.165) is 24.3 Å². The third kappa shape index (κ3) is 3.65. The number of carbonyl (C=O) groups excluding carboxylic acids is 1. The van der Waals surface area contributed by atoms with Gasteiger partial charge in [0.25, 0.3) is 0 Å². The average molecular weight is 352 g/mol. The van der Waals surface area contributed by atoms with Crippen LogP contribution in [0.2, 0.25) is 0 Å². The van der Waals surface area contributed by atoms with Crippen molar-refractivity contribution < 1.29 is 31.8 Å². The maximum atomic E-state index is 12.8. The molecule has 0 aliphatic carbocycles. The lowest BCUT2D eigenvalue weighted by molar-refractivity contribution is -0.133. The second-order valence-electron chi connectivity index (χ2n) is 5.01. The number of carbonyl (C=O) groups is 1. The monoisotopic (exact) mass is 352 g/mol. The Morgan fingerprint density at radius 1 is 1.08 bits per heavy atom. The molecular weight excluding hydrogens is 339 g/mol. The summed E-state index contributed by atoms with van der Waals surface area (Å²) in [6, 6.07) is 9.05. The summed E-state index contributed by atoms with van der Waals surface area (Å²) in [5.41, 5.74) is 0. The van der Waals surface area contributed by atoms with Gasteiger partial charge in [0.2, 0.25) is 6.79 Å². The molecule has 0 amide bonds. The lowest BCUT2D eigenvalue weighted by atomic mass is 10.3. The van der Waals surface area contributed by atoms with Crippen molar-refractivity contribution in [3.05, 3.63) is 48.3 Å². The van der Waals surface area contributed by atoms with Crippen LogP contribution in [0.4, 0.5) is 4.39 Å². The van der Waals surface area contributed by atoms with Crippen molar-refractivity contribution in [2.24, 2.45) is 0 Å². The largest absolute Gasteiger partial charge is 0.454 e. The zero-order valence-corrected chi connectivity index (χ0v) is 13.2. The number of benzene rings is 2. The van der Waals surface area contributed by atoms with Crippen molar-refractivity contribution in [2.75, 3.05) is 12.5 Å². The lowest BCUT2D eigenvalue weighted by Crippen LogP contribution is -2.15. The van der Waals surface area contributed by atoms with Crippen LogP contribution in [0.1, 0.15) is 6.42 Å². The van der Waals surface area contributed by atoms with E-state index in [0.29, 0.717) is 11.5 Å². The van der Waals surface area contributed by atoms with Crippen molar-refractivity contribution in [1.82, 2.24) is 0 Å². The summed E-state index contributed by atoms with van der Waals surface area (Å²) < 4.78 is 52.4. The van der Waals surface area contributed by atoms with E-state index in [-0.39, 0.29) is 23.9 Å². The van der Waals surface area contributed by atoms with Crippen molar-refractivity contribution >= 4 is 15.8 Å². The van der Waals surface area contributed by atoms with Gasteiger partial charge in [-0.1, -0.05) is 0 Å². The predicted molar refractivity (Wildman–Crippen MR) is 81.3 cm³/mol. The molecule has 0 radical (unpaired) electrons. The average Bonchev–Trinajstić information content (AvgIpc) is 3.01. The van der Waals surface area contributed by atoms with E-state index in [1.807, 2.05) is 0 Å². The van der Waals surface area contributed by atoms with Gasteiger partial charge in [0.15, 0.2) is 21.3 Å². The molecule has 24 heavy (non-hydrogen) atoms. The highest BCUT2D eigenvalue weighted by Crippen LogP contribution is 2.35. The Hall–Kier alpha value is -2.61. The quantitative estimate of drug-likeness (QED) is 0.467. The van der Waals surface area contributed by atoms with Gasteiger partial charge in [0.1, 0.15) is 11.6 Å². The predicted octanol–water partition coefficient (Wildman–Crippen LogP) is 2.32. The third-order valence-electron chi connectivity index (χ3n) is 3.32. The van der Waals surface area contributed by atoms with E-state index in [2.05, 4.69) is 0 Å². The highest BCUT2D eigenvalue weighted by molar-refractivity contribution is 7.91. The first-order valence-electron chi connectivity index (χ1n) is 7.03. The SMILES string of the molecule is O=C(CCS(=O)(=O)c1ccc(F)cc1)Oc1ccc2c(c1)OCO2. The van der Waals surface area contributed by atoms with Gasteiger partial charge in [-0.3, -0.25) is 4.79 Å². The normalized spacial score (nSPS) is 12.9. The number of hydrogen-bond donors (Lipinski definition) is 0. The second-order valence-corrected chi connectivity index (χ2v) is 7.12. The Kier molecular flexibility index (Phi) is 4.39. The molecule has 0 unspecified atom stereocenters. The van der Waals surface area contributed by atoms with Gasteiger partial charge < -0.3 is 14.2 Å². The minimum atomic E-state index is -3.69. The van der Waals surface area contributed by atoms with Crippen LogP contribution in [-0.2, 0) is 14.6 Å². The highest BCUT2D eigenvalue weighted by atomic mass is 32.2. The van der Waals surface area contributed by atoms with Crippen LogP contribution < -0.4 is 14.2 Å². The molecule has 0 aromatic heterocycles. The molecule has 0 spiro atoms. The van der Waals surface area contributed by atoms with Crippen molar-refractivity contribution in [3.63, 3.8) is 0 Å². The van der Waals surface area contributed by atoms with Crippen LogP contribution in [0.25, 0.3) is 0 Å².